The van der Waals surface area contributed by atoms with Gasteiger partial charge in [-0.3, -0.25) is 4.79 Å². The summed E-state index contributed by atoms with van der Waals surface area (Å²) in [6.45, 7) is 2.05. The van der Waals surface area contributed by atoms with E-state index >= 15 is 0 Å². The predicted molar refractivity (Wildman–Crippen MR) is 97.0 cm³/mol. The third-order valence-electron chi connectivity index (χ3n) is 5.09. The molecule has 0 spiro atoms. The second-order valence-corrected chi connectivity index (χ2v) is 6.65. The molecular formula is C22H26O2. The van der Waals surface area contributed by atoms with Crippen LogP contribution < -0.4 is 0 Å². The topological polar surface area (TPSA) is 26.3 Å². The first kappa shape index (κ1) is 16.8. The number of rotatable bonds is 5. The predicted octanol–water partition coefficient (Wildman–Crippen LogP) is 5.45. The number of ether oxygens (including phenoxy) is 1. The highest BCUT2D eigenvalue weighted by molar-refractivity contribution is 5.78. The van der Waals surface area contributed by atoms with Crippen LogP contribution in [0, 0.1) is 0 Å². The molecule has 0 heterocycles. The van der Waals surface area contributed by atoms with E-state index < -0.39 is 0 Å². The van der Waals surface area contributed by atoms with Gasteiger partial charge in [0.15, 0.2) is 0 Å². The molecule has 0 saturated heterocycles. The molecule has 0 bridgehead atoms. The summed E-state index contributed by atoms with van der Waals surface area (Å²) in [6, 6.07) is 20.5. The minimum Gasteiger partial charge on any atom is -0.461 e. The second kappa shape index (κ2) is 8.14. The molecule has 0 amide bonds. The Kier molecular flexibility index (Phi) is 5.68. The van der Waals surface area contributed by atoms with Crippen molar-refractivity contribution in [3.63, 3.8) is 0 Å². The highest BCUT2D eigenvalue weighted by Gasteiger charge is 2.31. The lowest BCUT2D eigenvalue weighted by molar-refractivity contribution is -0.153. The Hall–Kier alpha value is -2.09. The molecule has 1 aliphatic rings. The lowest BCUT2D eigenvalue weighted by Crippen LogP contribution is -2.30. The van der Waals surface area contributed by atoms with Crippen molar-refractivity contribution in [2.24, 2.45) is 0 Å². The molecule has 3 rings (SSSR count). The van der Waals surface area contributed by atoms with Crippen LogP contribution in [0.25, 0.3) is 0 Å². The van der Waals surface area contributed by atoms with Gasteiger partial charge in [0.25, 0.3) is 0 Å². The highest BCUT2D eigenvalue weighted by Crippen LogP contribution is 2.36. The molecule has 0 radical (unpaired) electrons. The van der Waals surface area contributed by atoms with Crippen molar-refractivity contribution in [3.05, 3.63) is 71.8 Å². The number of hydrogen-bond acceptors (Lipinski definition) is 2. The minimum atomic E-state index is -0.162. The third kappa shape index (κ3) is 3.87. The molecule has 2 nitrogen and oxygen atoms in total. The zero-order valence-corrected chi connectivity index (χ0v) is 14.4. The molecule has 3 atom stereocenters. The molecule has 2 aromatic carbocycles. The van der Waals surface area contributed by atoms with Gasteiger partial charge in [0.05, 0.1) is 5.92 Å². The van der Waals surface area contributed by atoms with Crippen LogP contribution in [-0.4, -0.2) is 12.1 Å². The summed E-state index contributed by atoms with van der Waals surface area (Å²) in [5.74, 6) is 0.0956. The van der Waals surface area contributed by atoms with E-state index in [-0.39, 0.29) is 18.0 Å². The monoisotopic (exact) mass is 322 g/mol. The van der Waals surface area contributed by atoms with Gasteiger partial charge in [-0.05, 0) is 36.8 Å². The first-order valence-electron chi connectivity index (χ1n) is 9.10. The van der Waals surface area contributed by atoms with Crippen LogP contribution in [0.2, 0.25) is 0 Å². The van der Waals surface area contributed by atoms with Crippen molar-refractivity contribution in [2.75, 3.05) is 0 Å². The van der Waals surface area contributed by atoms with Crippen molar-refractivity contribution < 1.29 is 9.53 Å². The maximum Gasteiger partial charge on any atom is 0.313 e. The van der Waals surface area contributed by atoms with Gasteiger partial charge in [0, 0.05) is 5.92 Å². The van der Waals surface area contributed by atoms with E-state index in [0.29, 0.717) is 5.92 Å². The number of carbonyl (C=O) groups is 1. The van der Waals surface area contributed by atoms with E-state index in [9.17, 15) is 4.79 Å². The Labute approximate surface area is 144 Å². The molecule has 0 N–H and O–H groups in total. The van der Waals surface area contributed by atoms with Gasteiger partial charge in [-0.25, -0.2) is 0 Å². The lowest BCUT2D eigenvalue weighted by Gasteiger charge is -2.32. The molecule has 2 heteroatoms. The maximum atomic E-state index is 12.8. The molecule has 0 aliphatic heterocycles. The third-order valence-corrected chi connectivity index (χ3v) is 5.09. The molecular weight excluding hydrogens is 296 g/mol. The zero-order chi connectivity index (χ0) is 16.8. The highest BCUT2D eigenvalue weighted by atomic mass is 16.5. The molecule has 24 heavy (non-hydrogen) atoms. The molecule has 1 saturated carbocycles. The average molecular weight is 322 g/mol. The summed E-state index contributed by atoms with van der Waals surface area (Å²) in [5, 5.41) is 0. The Morgan fingerprint density at radius 1 is 1.00 bits per heavy atom. The van der Waals surface area contributed by atoms with Gasteiger partial charge in [0.2, 0.25) is 0 Å². The fourth-order valence-corrected chi connectivity index (χ4v) is 3.77. The van der Waals surface area contributed by atoms with E-state index in [4.69, 9.17) is 4.74 Å². The van der Waals surface area contributed by atoms with E-state index in [0.717, 1.165) is 31.2 Å². The van der Waals surface area contributed by atoms with E-state index in [1.807, 2.05) is 36.4 Å². The van der Waals surface area contributed by atoms with Crippen LogP contribution in [0.3, 0.4) is 0 Å². The number of benzene rings is 2. The maximum absolute atomic E-state index is 12.8. The number of esters is 1. The Bertz CT molecular complexity index is 636. The summed E-state index contributed by atoms with van der Waals surface area (Å²) < 4.78 is 6.03. The van der Waals surface area contributed by atoms with E-state index in [2.05, 4.69) is 31.2 Å². The fraction of sp³-hybridized carbons (Fsp3) is 0.409. The summed E-state index contributed by atoms with van der Waals surface area (Å²) in [5.41, 5.74) is 2.35. The quantitative estimate of drug-likeness (QED) is 0.684. The van der Waals surface area contributed by atoms with E-state index in [1.165, 1.54) is 12.0 Å². The van der Waals surface area contributed by atoms with Crippen molar-refractivity contribution in [3.8, 4) is 0 Å². The number of carbonyl (C=O) groups excluding carboxylic acids is 1. The summed E-state index contributed by atoms with van der Waals surface area (Å²) in [6.07, 6.45) is 5.20. The molecule has 0 aromatic heterocycles. The van der Waals surface area contributed by atoms with Crippen molar-refractivity contribution >= 4 is 5.97 Å². The Morgan fingerprint density at radius 2 is 1.62 bits per heavy atom. The fourth-order valence-electron chi connectivity index (χ4n) is 3.77. The van der Waals surface area contributed by atoms with Crippen LogP contribution in [0.15, 0.2) is 60.7 Å². The summed E-state index contributed by atoms with van der Waals surface area (Å²) in [4.78, 5) is 12.8. The van der Waals surface area contributed by atoms with Crippen LogP contribution in [0.4, 0.5) is 0 Å². The first-order chi connectivity index (χ1) is 11.8. The smallest absolute Gasteiger partial charge is 0.313 e. The number of hydrogen-bond donors (Lipinski definition) is 0. The Morgan fingerprint density at radius 3 is 2.29 bits per heavy atom. The lowest BCUT2D eigenvalue weighted by atomic mass is 9.81. The summed E-state index contributed by atoms with van der Waals surface area (Å²) >= 11 is 0. The SMILES string of the molecule is CC[C@@H](C(=O)O[C@@H]1CCCC[C@H]1c1ccccc1)c1ccccc1. The summed E-state index contributed by atoms with van der Waals surface area (Å²) in [7, 11) is 0. The van der Waals surface area contributed by atoms with Crippen LogP contribution in [0.1, 0.15) is 62.0 Å². The van der Waals surface area contributed by atoms with Gasteiger partial charge in [-0.2, -0.15) is 0 Å². The molecule has 1 aliphatic carbocycles. The molecule has 1 fully saturated rings. The zero-order valence-electron chi connectivity index (χ0n) is 14.4. The first-order valence-corrected chi connectivity index (χ1v) is 9.10. The van der Waals surface area contributed by atoms with E-state index in [1.54, 1.807) is 0 Å². The van der Waals surface area contributed by atoms with Gasteiger partial charge >= 0.3 is 5.97 Å². The molecule has 0 unspecified atom stereocenters. The second-order valence-electron chi connectivity index (χ2n) is 6.65. The van der Waals surface area contributed by atoms with Crippen molar-refractivity contribution in [1.29, 1.82) is 0 Å². The van der Waals surface area contributed by atoms with Gasteiger partial charge in [0.1, 0.15) is 6.10 Å². The normalized spacial score (nSPS) is 21.9. The Balaban J connectivity index is 1.74. The molecule has 2 aromatic rings. The van der Waals surface area contributed by atoms with Crippen LogP contribution in [-0.2, 0) is 9.53 Å². The standard InChI is InChI=1S/C22H26O2/c1-2-19(17-11-5-3-6-12-17)22(23)24-21-16-10-9-15-20(21)18-13-7-4-8-14-18/h3-8,11-14,19-21H,2,9-10,15-16H2,1H3/t19-,20+,21-/m1/s1. The van der Waals surface area contributed by atoms with Crippen LogP contribution in [0.5, 0.6) is 0 Å². The average Bonchev–Trinajstić information content (AvgIpc) is 2.64. The van der Waals surface area contributed by atoms with Crippen molar-refractivity contribution in [1.82, 2.24) is 0 Å². The van der Waals surface area contributed by atoms with Gasteiger partial charge in [-0.1, -0.05) is 74.0 Å². The van der Waals surface area contributed by atoms with Crippen molar-refractivity contribution in [2.45, 2.75) is 57.0 Å². The van der Waals surface area contributed by atoms with Crippen LogP contribution >= 0.6 is 0 Å². The largest absolute Gasteiger partial charge is 0.461 e. The molecule has 126 valence electrons. The van der Waals surface area contributed by atoms with Gasteiger partial charge < -0.3 is 4.74 Å². The van der Waals surface area contributed by atoms with Gasteiger partial charge in [-0.15, -0.1) is 0 Å². The minimum absolute atomic E-state index is 0.00594.